The quantitative estimate of drug-likeness (QED) is 0.740. The highest BCUT2D eigenvalue weighted by atomic mass is 35.5. The van der Waals surface area contributed by atoms with Crippen LogP contribution in [0.1, 0.15) is 23.5 Å². The number of benzene rings is 2. The summed E-state index contributed by atoms with van der Waals surface area (Å²) in [6.45, 7) is 0. The average Bonchev–Trinajstić information content (AvgIpc) is 2.98. The van der Waals surface area contributed by atoms with Crippen LogP contribution in [-0.4, -0.2) is 22.8 Å². The summed E-state index contributed by atoms with van der Waals surface area (Å²) >= 11 is 5.96. The van der Waals surface area contributed by atoms with Gasteiger partial charge in [-0.2, -0.15) is 0 Å². The summed E-state index contributed by atoms with van der Waals surface area (Å²) < 4.78 is 6.86. The molecule has 1 aromatic heterocycles. The van der Waals surface area contributed by atoms with Crippen LogP contribution in [0.4, 0.5) is 11.6 Å². The normalized spacial score (nSPS) is 16.1. The molecule has 4 rings (SSSR count). The maximum atomic E-state index is 12.3. The number of carbonyl (C=O) groups is 1. The molecule has 0 saturated carbocycles. The molecule has 0 radical (unpaired) electrons. The van der Waals surface area contributed by atoms with Crippen molar-refractivity contribution in [1.29, 1.82) is 0 Å². The largest absolute Gasteiger partial charge is 0.497 e. The van der Waals surface area contributed by atoms with Crippen LogP contribution in [0.3, 0.4) is 0 Å². The molecule has 3 N–H and O–H groups in total. The van der Waals surface area contributed by atoms with Crippen LogP contribution in [0.15, 0.2) is 48.5 Å². The molecule has 6 nitrogen and oxygen atoms in total. The molecule has 132 valence electrons. The van der Waals surface area contributed by atoms with E-state index >= 15 is 0 Å². The second-order valence-electron chi connectivity index (χ2n) is 6.11. The number of fused-ring (bicyclic) bond motifs is 1. The lowest BCUT2D eigenvalue weighted by Gasteiger charge is -2.24. The average molecular weight is 369 g/mol. The molecule has 1 unspecified atom stereocenters. The van der Waals surface area contributed by atoms with Crippen LogP contribution in [-0.2, 0) is 4.79 Å². The fourth-order valence-electron chi connectivity index (χ4n) is 3.27. The van der Waals surface area contributed by atoms with Gasteiger partial charge in [0.15, 0.2) is 5.82 Å². The molecule has 2 aromatic carbocycles. The van der Waals surface area contributed by atoms with Gasteiger partial charge in [-0.3, -0.25) is 4.79 Å². The lowest BCUT2D eigenvalue weighted by atomic mass is 9.86. The summed E-state index contributed by atoms with van der Waals surface area (Å²) in [5, 5.41) is 7.98. The maximum absolute atomic E-state index is 12.3. The highest BCUT2D eigenvalue weighted by Crippen LogP contribution is 2.41. The van der Waals surface area contributed by atoms with E-state index in [0.717, 1.165) is 22.6 Å². The van der Waals surface area contributed by atoms with Gasteiger partial charge >= 0.3 is 0 Å². The molecule has 1 amide bonds. The van der Waals surface area contributed by atoms with Gasteiger partial charge in [0, 0.05) is 22.9 Å². The minimum atomic E-state index is -0.161. The van der Waals surface area contributed by atoms with Crippen LogP contribution in [0.5, 0.6) is 5.75 Å². The molecule has 1 aliphatic heterocycles. The second kappa shape index (κ2) is 6.38. The van der Waals surface area contributed by atoms with Gasteiger partial charge in [-0.1, -0.05) is 23.7 Å². The monoisotopic (exact) mass is 368 g/mol. The number of nitrogens with two attached hydrogens (primary N) is 1. The summed E-state index contributed by atoms with van der Waals surface area (Å²) in [6.07, 6.45) is 0.315. The number of nitrogen functional groups attached to an aromatic ring is 1. The van der Waals surface area contributed by atoms with Crippen LogP contribution < -0.4 is 15.8 Å². The molecule has 3 aromatic rings. The first-order valence-corrected chi connectivity index (χ1v) is 8.52. The number of amides is 1. The third-order valence-electron chi connectivity index (χ3n) is 4.54. The zero-order valence-electron chi connectivity index (χ0n) is 14.1. The highest BCUT2D eigenvalue weighted by Gasteiger charge is 2.33. The fourth-order valence-corrected chi connectivity index (χ4v) is 3.40. The number of ether oxygens (including phenoxy) is 1. The summed E-state index contributed by atoms with van der Waals surface area (Å²) in [4.78, 5) is 12.3. The van der Waals surface area contributed by atoms with E-state index in [2.05, 4.69) is 10.4 Å². The van der Waals surface area contributed by atoms with Crippen molar-refractivity contribution < 1.29 is 9.53 Å². The first-order valence-electron chi connectivity index (χ1n) is 8.15. The van der Waals surface area contributed by atoms with Crippen molar-refractivity contribution in [2.45, 2.75) is 12.3 Å². The second-order valence-corrected chi connectivity index (χ2v) is 6.55. The zero-order valence-corrected chi connectivity index (χ0v) is 14.8. The molecule has 26 heavy (non-hydrogen) atoms. The van der Waals surface area contributed by atoms with Crippen LogP contribution >= 0.6 is 11.6 Å². The Kier molecular flexibility index (Phi) is 4.05. The Labute approximate surface area is 155 Å². The van der Waals surface area contributed by atoms with Crippen LogP contribution in [0.2, 0.25) is 5.02 Å². The van der Waals surface area contributed by atoms with Crippen molar-refractivity contribution in [2.24, 2.45) is 0 Å². The van der Waals surface area contributed by atoms with E-state index < -0.39 is 0 Å². The minimum Gasteiger partial charge on any atom is -0.497 e. The number of rotatable bonds is 3. The standard InChI is InChI=1S/C19H17ClN4O2/c1-26-14-8-2-11(3-9-14)15-10-16(25)22-19-17(15)18(21)23-24(19)13-6-4-12(20)5-7-13/h2-9,15H,10H2,1H3,(H2,21,23)(H,22,25). The van der Waals surface area contributed by atoms with Gasteiger partial charge in [0.25, 0.3) is 0 Å². The Hall–Kier alpha value is -2.99. The number of anilines is 2. The Balaban J connectivity index is 1.82. The number of nitrogens with zero attached hydrogens (tertiary/aromatic N) is 2. The molecular weight excluding hydrogens is 352 g/mol. The molecule has 1 aliphatic rings. The Morgan fingerprint density at radius 1 is 1.19 bits per heavy atom. The number of nitrogens with one attached hydrogen (secondary N) is 1. The molecule has 0 aliphatic carbocycles. The SMILES string of the molecule is COc1ccc(C2CC(=O)Nc3c2c(N)nn3-c2ccc(Cl)cc2)cc1. The summed E-state index contributed by atoms with van der Waals surface area (Å²) in [6, 6.07) is 14.9. The highest BCUT2D eigenvalue weighted by molar-refractivity contribution is 6.30. The summed E-state index contributed by atoms with van der Waals surface area (Å²) in [5.41, 5.74) is 8.81. The number of halogens is 1. The first kappa shape index (κ1) is 16.5. The number of methoxy groups -OCH3 is 1. The third kappa shape index (κ3) is 2.78. The topological polar surface area (TPSA) is 82.2 Å². The minimum absolute atomic E-state index is 0.0755. The van der Waals surface area contributed by atoms with Crippen molar-refractivity contribution in [3.8, 4) is 11.4 Å². The van der Waals surface area contributed by atoms with E-state index in [0.29, 0.717) is 23.1 Å². The van der Waals surface area contributed by atoms with Crippen molar-refractivity contribution in [3.63, 3.8) is 0 Å². The van der Waals surface area contributed by atoms with Crippen LogP contribution in [0.25, 0.3) is 5.69 Å². The lowest BCUT2D eigenvalue weighted by molar-refractivity contribution is -0.116. The van der Waals surface area contributed by atoms with E-state index in [4.69, 9.17) is 22.1 Å². The number of aromatic nitrogens is 2. The summed E-state index contributed by atoms with van der Waals surface area (Å²) in [7, 11) is 1.62. The molecule has 0 saturated heterocycles. The van der Waals surface area contributed by atoms with E-state index in [-0.39, 0.29) is 11.8 Å². The molecule has 0 spiro atoms. The van der Waals surface area contributed by atoms with Gasteiger partial charge in [-0.05, 0) is 42.0 Å². The van der Waals surface area contributed by atoms with E-state index in [1.54, 1.807) is 23.9 Å². The lowest BCUT2D eigenvalue weighted by Crippen LogP contribution is -2.25. The van der Waals surface area contributed by atoms with Gasteiger partial charge in [0.1, 0.15) is 11.6 Å². The Morgan fingerprint density at radius 2 is 1.88 bits per heavy atom. The van der Waals surface area contributed by atoms with Gasteiger partial charge in [-0.15, -0.1) is 5.10 Å². The fraction of sp³-hybridized carbons (Fsp3) is 0.158. The predicted octanol–water partition coefficient (Wildman–Crippen LogP) is 3.59. The molecule has 1 atom stereocenters. The Bertz CT molecular complexity index is 964. The maximum Gasteiger partial charge on any atom is 0.226 e. The van der Waals surface area contributed by atoms with Crippen LogP contribution in [0, 0.1) is 0 Å². The van der Waals surface area contributed by atoms with E-state index in [9.17, 15) is 4.79 Å². The first-order chi connectivity index (χ1) is 12.6. The summed E-state index contributed by atoms with van der Waals surface area (Å²) in [5.74, 6) is 1.52. The van der Waals surface area contributed by atoms with E-state index in [1.165, 1.54) is 0 Å². The molecule has 0 bridgehead atoms. The molecular formula is C19H17ClN4O2. The number of hydrogen-bond acceptors (Lipinski definition) is 4. The number of carbonyl (C=O) groups excluding carboxylic acids is 1. The molecule has 0 fully saturated rings. The third-order valence-corrected chi connectivity index (χ3v) is 4.79. The smallest absolute Gasteiger partial charge is 0.226 e. The number of hydrogen-bond donors (Lipinski definition) is 2. The predicted molar refractivity (Wildman–Crippen MR) is 101 cm³/mol. The van der Waals surface area contributed by atoms with E-state index in [1.807, 2.05) is 36.4 Å². The van der Waals surface area contributed by atoms with Crippen molar-refractivity contribution in [2.75, 3.05) is 18.2 Å². The zero-order chi connectivity index (χ0) is 18.3. The van der Waals surface area contributed by atoms with Crippen molar-refractivity contribution in [1.82, 2.24) is 9.78 Å². The van der Waals surface area contributed by atoms with Gasteiger partial charge in [0.05, 0.1) is 12.8 Å². The van der Waals surface area contributed by atoms with Crippen molar-refractivity contribution in [3.05, 3.63) is 64.7 Å². The van der Waals surface area contributed by atoms with Crippen molar-refractivity contribution >= 4 is 29.1 Å². The Morgan fingerprint density at radius 3 is 2.54 bits per heavy atom. The molecule has 2 heterocycles. The van der Waals surface area contributed by atoms with Gasteiger partial charge in [-0.25, -0.2) is 4.68 Å². The molecule has 7 heteroatoms. The van der Waals surface area contributed by atoms with Gasteiger partial charge < -0.3 is 15.8 Å². The van der Waals surface area contributed by atoms with Gasteiger partial charge in [0.2, 0.25) is 5.91 Å².